The van der Waals surface area contributed by atoms with Gasteiger partial charge in [-0.25, -0.2) is 4.68 Å². The molecule has 0 radical (unpaired) electrons. The number of unbranched alkanes of at least 4 members (excludes halogenated alkanes) is 2. The number of anilines is 1. The zero-order valence-electron chi connectivity index (χ0n) is 15.7. The Morgan fingerprint density at radius 3 is 2.59 bits per heavy atom. The molecule has 142 valence electrons. The number of hydrogen-bond acceptors (Lipinski definition) is 6. The number of carbonyl (C=O) groups excluding carboxylic acids is 1. The summed E-state index contributed by atoms with van der Waals surface area (Å²) in [5.41, 5.74) is 0.0549. The first-order valence-corrected chi connectivity index (χ1v) is 9.97. The summed E-state index contributed by atoms with van der Waals surface area (Å²) in [6.45, 7) is 6.64. The number of aryl methyl sites for hydroxylation is 1. The van der Waals surface area contributed by atoms with Gasteiger partial charge in [-0.15, -0.1) is 10.2 Å². The van der Waals surface area contributed by atoms with Crippen molar-refractivity contribution in [2.75, 3.05) is 5.32 Å². The van der Waals surface area contributed by atoms with Gasteiger partial charge in [0.1, 0.15) is 5.01 Å². The van der Waals surface area contributed by atoms with Gasteiger partial charge in [0.05, 0.1) is 5.39 Å². The molecule has 2 heterocycles. The van der Waals surface area contributed by atoms with Gasteiger partial charge in [-0.1, -0.05) is 63.1 Å². The average Bonchev–Trinajstić information content (AvgIpc) is 3.12. The summed E-state index contributed by atoms with van der Waals surface area (Å²) in [6, 6.07) is 7.06. The Bertz CT molecular complexity index is 1010. The molecular formula is C19H23N5O2S. The van der Waals surface area contributed by atoms with E-state index >= 15 is 0 Å². The van der Waals surface area contributed by atoms with Crippen molar-refractivity contribution in [1.82, 2.24) is 20.0 Å². The van der Waals surface area contributed by atoms with E-state index in [0.717, 1.165) is 24.3 Å². The number of nitrogens with zero attached hydrogens (tertiary/aromatic N) is 4. The standard InChI is InChI=1S/C19H23N5O2S/c1-4-5-8-11-24-18(26)14-10-7-6-9-13(14)15(23-24)16(25)20-19-22-21-17(27-19)12(2)3/h6-7,9-10,12H,4-5,8,11H2,1-3H3,(H,20,22,25). The minimum Gasteiger partial charge on any atom is -0.295 e. The summed E-state index contributed by atoms with van der Waals surface area (Å²) in [7, 11) is 0. The van der Waals surface area contributed by atoms with Gasteiger partial charge in [0.25, 0.3) is 11.5 Å². The van der Waals surface area contributed by atoms with Gasteiger partial charge in [0.15, 0.2) is 5.69 Å². The van der Waals surface area contributed by atoms with Crippen molar-refractivity contribution in [3.8, 4) is 0 Å². The first-order valence-electron chi connectivity index (χ1n) is 9.15. The third-order valence-corrected chi connectivity index (χ3v) is 5.35. The van der Waals surface area contributed by atoms with Crippen LogP contribution < -0.4 is 10.9 Å². The molecule has 7 nitrogen and oxygen atoms in total. The smallest absolute Gasteiger partial charge is 0.278 e. The van der Waals surface area contributed by atoms with Crippen molar-refractivity contribution in [3.05, 3.63) is 45.3 Å². The Morgan fingerprint density at radius 2 is 1.93 bits per heavy atom. The molecule has 0 aliphatic carbocycles. The Hall–Kier alpha value is -2.61. The largest absolute Gasteiger partial charge is 0.295 e. The number of benzene rings is 1. The highest BCUT2D eigenvalue weighted by Crippen LogP contribution is 2.23. The zero-order valence-corrected chi connectivity index (χ0v) is 16.5. The van der Waals surface area contributed by atoms with Crippen molar-refractivity contribution in [3.63, 3.8) is 0 Å². The number of carbonyl (C=O) groups is 1. The van der Waals surface area contributed by atoms with E-state index in [1.165, 1.54) is 16.0 Å². The molecular weight excluding hydrogens is 362 g/mol. The normalized spacial score (nSPS) is 11.3. The topological polar surface area (TPSA) is 89.8 Å². The summed E-state index contributed by atoms with van der Waals surface area (Å²) in [5.74, 6) is -0.144. The van der Waals surface area contributed by atoms with Crippen LogP contribution in [0.4, 0.5) is 5.13 Å². The van der Waals surface area contributed by atoms with Crippen molar-refractivity contribution in [1.29, 1.82) is 0 Å². The summed E-state index contributed by atoms with van der Waals surface area (Å²) < 4.78 is 1.40. The highest BCUT2D eigenvalue weighted by atomic mass is 32.1. The number of amides is 1. The van der Waals surface area contributed by atoms with Gasteiger partial charge in [0, 0.05) is 17.8 Å². The van der Waals surface area contributed by atoms with Crippen molar-refractivity contribution < 1.29 is 4.79 Å². The molecule has 2 aromatic heterocycles. The number of fused-ring (bicyclic) bond motifs is 1. The minimum absolute atomic E-state index is 0.170. The molecule has 0 saturated carbocycles. The Labute approximate surface area is 161 Å². The predicted molar refractivity (Wildman–Crippen MR) is 107 cm³/mol. The number of nitrogens with one attached hydrogen (secondary N) is 1. The van der Waals surface area contributed by atoms with Gasteiger partial charge in [0.2, 0.25) is 5.13 Å². The molecule has 0 unspecified atom stereocenters. The molecule has 3 aromatic rings. The van der Waals surface area contributed by atoms with Crippen LogP contribution in [-0.4, -0.2) is 25.9 Å². The Balaban J connectivity index is 1.97. The van der Waals surface area contributed by atoms with Gasteiger partial charge >= 0.3 is 0 Å². The van der Waals surface area contributed by atoms with Gasteiger partial charge in [-0.3, -0.25) is 14.9 Å². The second-order valence-electron chi connectivity index (χ2n) is 6.68. The molecule has 0 aliphatic heterocycles. The molecule has 0 saturated heterocycles. The van der Waals surface area contributed by atoms with Crippen LogP contribution in [0.15, 0.2) is 29.1 Å². The number of rotatable bonds is 7. The maximum absolute atomic E-state index is 12.9. The quantitative estimate of drug-likeness (QED) is 0.625. The first kappa shape index (κ1) is 19.2. The summed E-state index contributed by atoms with van der Waals surface area (Å²) in [4.78, 5) is 25.5. The van der Waals surface area contributed by atoms with Crippen LogP contribution in [0.1, 0.15) is 61.4 Å². The summed E-state index contributed by atoms with van der Waals surface area (Å²) in [5, 5.41) is 17.6. The van der Waals surface area contributed by atoms with Crippen LogP contribution in [0.5, 0.6) is 0 Å². The van der Waals surface area contributed by atoms with Crippen LogP contribution in [-0.2, 0) is 6.54 Å². The van der Waals surface area contributed by atoms with Crippen LogP contribution in [0.25, 0.3) is 10.8 Å². The zero-order chi connectivity index (χ0) is 19.4. The summed E-state index contributed by atoms with van der Waals surface area (Å²) >= 11 is 1.34. The lowest BCUT2D eigenvalue weighted by molar-refractivity contribution is 0.102. The Morgan fingerprint density at radius 1 is 1.19 bits per heavy atom. The second kappa shape index (κ2) is 8.39. The minimum atomic E-state index is -0.387. The molecule has 0 atom stereocenters. The summed E-state index contributed by atoms with van der Waals surface area (Å²) in [6.07, 6.45) is 2.90. The number of aromatic nitrogens is 4. The van der Waals surface area contributed by atoms with Crippen LogP contribution in [0.2, 0.25) is 0 Å². The maximum Gasteiger partial charge on any atom is 0.278 e. The third-order valence-electron chi connectivity index (χ3n) is 4.21. The lowest BCUT2D eigenvalue weighted by Gasteiger charge is -2.10. The van der Waals surface area contributed by atoms with E-state index in [-0.39, 0.29) is 23.1 Å². The molecule has 0 bridgehead atoms. The van der Waals surface area contributed by atoms with Gasteiger partial charge < -0.3 is 0 Å². The number of hydrogen-bond donors (Lipinski definition) is 1. The Kier molecular flexibility index (Phi) is 5.95. The van der Waals surface area contributed by atoms with E-state index in [1.807, 2.05) is 13.8 Å². The van der Waals surface area contributed by atoms with E-state index in [2.05, 4.69) is 27.5 Å². The monoisotopic (exact) mass is 385 g/mol. The molecule has 1 N–H and O–H groups in total. The molecule has 3 rings (SSSR count). The van der Waals surface area contributed by atoms with E-state index in [1.54, 1.807) is 24.3 Å². The fourth-order valence-corrected chi connectivity index (χ4v) is 3.48. The van der Waals surface area contributed by atoms with E-state index in [0.29, 0.717) is 22.4 Å². The van der Waals surface area contributed by atoms with Crippen LogP contribution >= 0.6 is 11.3 Å². The SMILES string of the molecule is CCCCCn1nc(C(=O)Nc2nnc(C(C)C)s2)c2ccccc2c1=O. The predicted octanol–water partition coefficient (Wildman–Crippen LogP) is 3.81. The van der Waals surface area contributed by atoms with Crippen LogP contribution in [0.3, 0.4) is 0 Å². The lowest BCUT2D eigenvalue weighted by atomic mass is 10.1. The highest BCUT2D eigenvalue weighted by Gasteiger charge is 2.18. The fraction of sp³-hybridized carbons (Fsp3) is 0.421. The van der Waals surface area contributed by atoms with E-state index in [4.69, 9.17) is 0 Å². The molecule has 1 amide bonds. The van der Waals surface area contributed by atoms with Gasteiger partial charge in [-0.2, -0.15) is 5.10 Å². The average molecular weight is 385 g/mol. The lowest BCUT2D eigenvalue weighted by Crippen LogP contribution is -2.27. The van der Waals surface area contributed by atoms with Crippen molar-refractivity contribution >= 4 is 33.1 Å². The maximum atomic E-state index is 12.9. The molecule has 0 aliphatic rings. The molecule has 27 heavy (non-hydrogen) atoms. The fourth-order valence-electron chi connectivity index (χ4n) is 2.74. The molecule has 8 heteroatoms. The molecule has 1 aromatic carbocycles. The molecule has 0 spiro atoms. The second-order valence-corrected chi connectivity index (χ2v) is 7.69. The highest BCUT2D eigenvalue weighted by molar-refractivity contribution is 7.15. The molecule has 0 fully saturated rings. The van der Waals surface area contributed by atoms with E-state index in [9.17, 15) is 9.59 Å². The third kappa shape index (κ3) is 4.21. The van der Waals surface area contributed by atoms with E-state index < -0.39 is 0 Å². The van der Waals surface area contributed by atoms with Gasteiger partial charge in [-0.05, 0) is 12.5 Å². The van der Waals surface area contributed by atoms with Crippen LogP contribution in [0, 0.1) is 0 Å². The van der Waals surface area contributed by atoms with Crippen molar-refractivity contribution in [2.24, 2.45) is 0 Å². The van der Waals surface area contributed by atoms with Crippen molar-refractivity contribution in [2.45, 2.75) is 52.5 Å². The first-order chi connectivity index (χ1) is 13.0.